The van der Waals surface area contributed by atoms with Gasteiger partial charge in [0.1, 0.15) is 11.1 Å². The van der Waals surface area contributed by atoms with Gasteiger partial charge in [-0.2, -0.15) is 5.26 Å². The highest BCUT2D eigenvalue weighted by atomic mass is 16.5. The summed E-state index contributed by atoms with van der Waals surface area (Å²) in [5, 5.41) is 15.5. The molecule has 0 aromatic carbocycles. The Morgan fingerprint density at radius 2 is 2.00 bits per heavy atom. The molecule has 1 aromatic heterocycles. The van der Waals surface area contributed by atoms with Crippen LogP contribution in [0.5, 0.6) is 0 Å². The van der Waals surface area contributed by atoms with Crippen molar-refractivity contribution in [2.45, 2.75) is 53.0 Å². The van der Waals surface area contributed by atoms with Crippen LogP contribution in [0.15, 0.2) is 4.52 Å². The highest BCUT2D eigenvalue weighted by Crippen LogP contribution is 2.23. The van der Waals surface area contributed by atoms with E-state index in [1.807, 2.05) is 27.7 Å². The maximum absolute atomic E-state index is 12.2. The van der Waals surface area contributed by atoms with E-state index in [1.165, 1.54) is 0 Å². The molecule has 0 bridgehead atoms. The van der Waals surface area contributed by atoms with Gasteiger partial charge < -0.3 is 14.6 Å². The average molecular weight is 321 g/mol. The van der Waals surface area contributed by atoms with Gasteiger partial charge in [-0.3, -0.25) is 4.79 Å². The number of hydrogen-bond donors (Lipinski definition) is 1. The van der Waals surface area contributed by atoms with Gasteiger partial charge in [-0.25, -0.2) is 4.79 Å². The number of nitrogens with zero attached hydrogens (tertiary/aromatic N) is 2. The van der Waals surface area contributed by atoms with E-state index in [2.05, 4.69) is 16.5 Å². The Morgan fingerprint density at radius 3 is 2.48 bits per heavy atom. The van der Waals surface area contributed by atoms with E-state index in [9.17, 15) is 14.9 Å². The zero-order valence-electron chi connectivity index (χ0n) is 14.4. The number of hydrogen-bond acceptors (Lipinski definition) is 6. The third kappa shape index (κ3) is 4.31. The highest BCUT2D eigenvalue weighted by Gasteiger charge is 2.31. The van der Waals surface area contributed by atoms with Crippen LogP contribution in [0.1, 0.15) is 62.3 Å². The van der Waals surface area contributed by atoms with E-state index in [0.29, 0.717) is 11.5 Å². The van der Waals surface area contributed by atoms with Gasteiger partial charge in [0, 0.05) is 5.92 Å². The minimum atomic E-state index is -1.01. The average Bonchev–Trinajstić information content (AvgIpc) is 2.86. The van der Waals surface area contributed by atoms with Crippen LogP contribution in [0, 0.1) is 24.2 Å². The van der Waals surface area contributed by atoms with Gasteiger partial charge in [-0.15, -0.1) is 0 Å². The predicted molar refractivity (Wildman–Crippen MR) is 82.6 cm³/mol. The molecule has 7 nitrogen and oxygen atoms in total. The maximum Gasteiger partial charge on any atom is 0.344 e. The van der Waals surface area contributed by atoms with E-state index >= 15 is 0 Å². The summed E-state index contributed by atoms with van der Waals surface area (Å²) in [6, 6.07) is 2.06. The summed E-state index contributed by atoms with van der Waals surface area (Å²) >= 11 is 0. The van der Waals surface area contributed by atoms with Crippen molar-refractivity contribution in [3.05, 3.63) is 17.0 Å². The number of esters is 1. The summed E-state index contributed by atoms with van der Waals surface area (Å²) in [4.78, 5) is 24.1. The van der Waals surface area contributed by atoms with Crippen LogP contribution in [0.3, 0.4) is 0 Å². The van der Waals surface area contributed by atoms with E-state index in [4.69, 9.17) is 9.26 Å². The highest BCUT2D eigenvalue weighted by molar-refractivity contribution is 5.93. The molecule has 1 aromatic rings. The standard InChI is InChI=1S/C16H23N3O4/c1-9(2)14-13(11(5)19-23-14)15(21)22-7-12(20)18-16(6,8-17)10(3)4/h9-10H,7H2,1-6H3,(H,18,20)/t16-/m0/s1. The lowest BCUT2D eigenvalue weighted by Crippen LogP contribution is -2.50. The normalized spacial score (nSPS) is 13.5. The molecule has 126 valence electrons. The van der Waals surface area contributed by atoms with Gasteiger partial charge in [-0.1, -0.05) is 32.9 Å². The molecule has 0 aliphatic carbocycles. The molecular weight excluding hydrogens is 298 g/mol. The molecule has 1 amide bonds. The first-order chi connectivity index (χ1) is 10.6. The second-order valence-electron chi connectivity index (χ2n) is 6.26. The molecule has 0 spiro atoms. The largest absolute Gasteiger partial charge is 0.452 e. The lowest BCUT2D eigenvalue weighted by Gasteiger charge is -2.27. The second kappa shape index (κ2) is 7.27. The van der Waals surface area contributed by atoms with Crippen LogP contribution in [0.4, 0.5) is 0 Å². The van der Waals surface area contributed by atoms with E-state index in [1.54, 1.807) is 13.8 Å². The Morgan fingerprint density at radius 1 is 1.39 bits per heavy atom. The van der Waals surface area contributed by atoms with Gasteiger partial charge in [-0.05, 0) is 19.8 Å². The Balaban J connectivity index is 2.73. The second-order valence-corrected chi connectivity index (χ2v) is 6.26. The lowest BCUT2D eigenvalue weighted by atomic mass is 9.90. The number of carbonyl (C=O) groups excluding carboxylic acids is 2. The number of rotatable bonds is 6. The minimum absolute atomic E-state index is 0.0320. The Labute approximate surface area is 136 Å². The van der Waals surface area contributed by atoms with Crippen molar-refractivity contribution < 1.29 is 18.8 Å². The van der Waals surface area contributed by atoms with Gasteiger partial charge in [0.05, 0.1) is 11.8 Å². The lowest BCUT2D eigenvalue weighted by molar-refractivity contribution is -0.125. The number of aryl methyl sites for hydroxylation is 1. The summed E-state index contributed by atoms with van der Waals surface area (Å²) in [6.45, 7) is 10.2. The predicted octanol–water partition coefficient (Wildman–Crippen LogP) is 2.32. The van der Waals surface area contributed by atoms with Crippen molar-refractivity contribution in [1.29, 1.82) is 5.26 Å². The first-order valence-corrected chi connectivity index (χ1v) is 7.48. The molecule has 1 N–H and O–H groups in total. The minimum Gasteiger partial charge on any atom is -0.452 e. The molecule has 1 heterocycles. The summed E-state index contributed by atoms with van der Waals surface area (Å²) in [5.74, 6) is -0.880. The van der Waals surface area contributed by atoms with Gasteiger partial charge in [0.2, 0.25) is 0 Å². The molecule has 23 heavy (non-hydrogen) atoms. The van der Waals surface area contributed by atoms with Crippen LogP contribution in [-0.2, 0) is 9.53 Å². The van der Waals surface area contributed by atoms with Crippen LogP contribution >= 0.6 is 0 Å². The topological polar surface area (TPSA) is 105 Å². The summed E-state index contributed by atoms with van der Waals surface area (Å²) in [5.41, 5.74) is -0.345. The molecule has 0 unspecified atom stereocenters. The Hall–Kier alpha value is -2.36. The number of amides is 1. The zero-order chi connectivity index (χ0) is 17.8. The molecule has 0 aliphatic heterocycles. The number of carbonyl (C=O) groups is 2. The van der Waals surface area contributed by atoms with Crippen molar-refractivity contribution >= 4 is 11.9 Å². The maximum atomic E-state index is 12.2. The molecule has 1 atom stereocenters. The number of aromatic nitrogens is 1. The molecule has 0 aliphatic rings. The number of ether oxygens (including phenoxy) is 1. The molecule has 0 saturated heterocycles. The van der Waals surface area contributed by atoms with Crippen LogP contribution in [0.2, 0.25) is 0 Å². The Kier molecular flexibility index (Phi) is 5.91. The molecule has 0 fully saturated rings. The van der Waals surface area contributed by atoms with Crippen LogP contribution in [0.25, 0.3) is 0 Å². The van der Waals surface area contributed by atoms with Crippen molar-refractivity contribution in [2.24, 2.45) is 5.92 Å². The zero-order valence-corrected chi connectivity index (χ0v) is 14.4. The summed E-state index contributed by atoms with van der Waals surface area (Å²) in [6.07, 6.45) is 0. The molecule has 0 saturated carbocycles. The van der Waals surface area contributed by atoms with Crippen LogP contribution in [-0.4, -0.2) is 29.2 Å². The SMILES string of the molecule is Cc1noc(C(C)C)c1C(=O)OCC(=O)N[C@@](C)(C#N)C(C)C. The third-order valence-electron chi connectivity index (χ3n) is 3.74. The molecule has 7 heteroatoms. The molecule has 0 radical (unpaired) electrons. The first kappa shape index (κ1) is 18.7. The summed E-state index contributed by atoms with van der Waals surface area (Å²) in [7, 11) is 0. The van der Waals surface area contributed by atoms with Gasteiger partial charge in [0.25, 0.3) is 5.91 Å². The monoisotopic (exact) mass is 321 g/mol. The molecular formula is C16H23N3O4. The van der Waals surface area contributed by atoms with E-state index < -0.39 is 24.0 Å². The summed E-state index contributed by atoms with van der Waals surface area (Å²) < 4.78 is 10.1. The van der Waals surface area contributed by atoms with Crippen molar-refractivity contribution in [1.82, 2.24) is 10.5 Å². The first-order valence-electron chi connectivity index (χ1n) is 7.48. The van der Waals surface area contributed by atoms with Crippen LogP contribution < -0.4 is 5.32 Å². The fourth-order valence-corrected chi connectivity index (χ4v) is 1.86. The van der Waals surface area contributed by atoms with Crippen molar-refractivity contribution in [3.63, 3.8) is 0 Å². The fraction of sp³-hybridized carbons (Fsp3) is 0.625. The number of nitrogens with one attached hydrogen (secondary N) is 1. The fourth-order valence-electron chi connectivity index (χ4n) is 1.86. The third-order valence-corrected chi connectivity index (χ3v) is 3.74. The van der Waals surface area contributed by atoms with Crippen molar-refractivity contribution in [3.8, 4) is 6.07 Å². The quantitative estimate of drug-likeness (QED) is 0.806. The number of nitriles is 1. The smallest absolute Gasteiger partial charge is 0.344 e. The Bertz CT molecular complexity index is 628. The van der Waals surface area contributed by atoms with E-state index in [0.717, 1.165) is 0 Å². The van der Waals surface area contributed by atoms with E-state index in [-0.39, 0.29) is 17.4 Å². The van der Waals surface area contributed by atoms with Gasteiger partial charge in [0.15, 0.2) is 12.4 Å². The van der Waals surface area contributed by atoms with Gasteiger partial charge >= 0.3 is 5.97 Å². The van der Waals surface area contributed by atoms with Crippen molar-refractivity contribution in [2.75, 3.05) is 6.61 Å². The molecule has 1 rings (SSSR count).